The molecule has 3 aliphatic rings. The average molecular weight is 1050 g/mol. The highest BCUT2D eigenvalue weighted by Crippen LogP contribution is 2.27. The van der Waals surface area contributed by atoms with Crippen LogP contribution in [0.5, 0.6) is 0 Å². The zero-order valence-corrected chi connectivity index (χ0v) is 42.2. The second kappa shape index (κ2) is 29.3. The van der Waals surface area contributed by atoms with E-state index in [4.69, 9.17) is 17.2 Å². The standard InChI is InChI=1S/C43H72N12O14S2/c1-21(2)15-25-37(63)48-26(16-32(58)59)38(64)53-33(22(3)4)43(69)55-14-8-11-31(55)41(67)50-27(18-57)39(65)51-28(34(46)60)19-70-71-20-29(42(68)54-13-7-10-30(54)40(66)49-25)52-36(62)24(9-5-6-12-44)47-35(61)23(45)17-56/h21-31,33,56-57H,5-20,44-45H2,1-4H3,(H2,46,60)(H,47,61)(H,48,63)(H,49,66)(H,50,67)(H,51,65)(H,52,62)(H,53,64)(H,58,59)/t23-,24-,25-,26-,27-,28-,29-,30-,31-,33?/m0/s1. The fourth-order valence-electron chi connectivity index (χ4n) is 8.11. The van der Waals surface area contributed by atoms with Crippen LogP contribution in [0.1, 0.15) is 85.5 Å². The smallest absolute Gasteiger partial charge is 0.305 e. The number of hydrogen-bond donors (Lipinski definition) is 13. The van der Waals surface area contributed by atoms with Crippen LogP contribution >= 0.6 is 21.6 Å². The van der Waals surface area contributed by atoms with Crippen LogP contribution in [0.3, 0.4) is 0 Å². The number of fused-ring (bicyclic) bond motifs is 2. The van der Waals surface area contributed by atoms with Gasteiger partial charge in [0.25, 0.3) is 0 Å². The number of aliphatic hydroxyl groups excluding tert-OH is 2. The minimum atomic E-state index is -1.77. The van der Waals surface area contributed by atoms with E-state index in [9.17, 15) is 68.1 Å². The van der Waals surface area contributed by atoms with Crippen LogP contribution in [0, 0.1) is 11.8 Å². The summed E-state index contributed by atoms with van der Waals surface area (Å²) in [4.78, 5) is 152. The number of carbonyl (C=O) groups is 11. The van der Waals surface area contributed by atoms with Gasteiger partial charge in [0.05, 0.1) is 19.6 Å². The Kier molecular flexibility index (Phi) is 24.8. The lowest BCUT2D eigenvalue weighted by Gasteiger charge is -2.32. The van der Waals surface area contributed by atoms with Gasteiger partial charge in [0.1, 0.15) is 60.4 Å². The molecule has 0 saturated carbocycles. The third-order valence-corrected chi connectivity index (χ3v) is 14.4. The number of carboxylic acid groups (broad SMARTS) is 1. The summed E-state index contributed by atoms with van der Waals surface area (Å²) in [7, 11) is 1.92. The number of carbonyl (C=O) groups excluding carboxylic acids is 10. The quantitative estimate of drug-likeness (QED) is 0.0508. The number of primary amides is 1. The number of aliphatic carboxylic acids is 1. The third kappa shape index (κ3) is 18.1. The molecule has 3 saturated heterocycles. The molecule has 3 aliphatic heterocycles. The zero-order valence-electron chi connectivity index (χ0n) is 40.5. The second-order valence-corrected chi connectivity index (χ2v) is 21.0. The van der Waals surface area contributed by atoms with Crippen molar-refractivity contribution >= 4 is 86.6 Å². The molecule has 0 aromatic rings. The van der Waals surface area contributed by atoms with Crippen molar-refractivity contribution in [2.45, 2.75) is 146 Å². The van der Waals surface area contributed by atoms with Crippen molar-refractivity contribution in [2.24, 2.45) is 29.0 Å². The normalized spacial score (nSPS) is 26.8. The lowest BCUT2D eigenvalue weighted by Crippen LogP contribution is -2.61. The summed E-state index contributed by atoms with van der Waals surface area (Å²) in [5.74, 6) is -11.6. The van der Waals surface area contributed by atoms with Crippen molar-refractivity contribution in [1.82, 2.24) is 47.0 Å². The van der Waals surface area contributed by atoms with E-state index >= 15 is 0 Å². The molecule has 71 heavy (non-hydrogen) atoms. The monoisotopic (exact) mass is 1040 g/mol. The van der Waals surface area contributed by atoms with Gasteiger partial charge in [-0.1, -0.05) is 49.3 Å². The molecule has 0 aromatic heterocycles. The molecule has 0 bridgehead atoms. The van der Waals surface area contributed by atoms with Gasteiger partial charge in [0.15, 0.2) is 0 Å². The first-order valence-corrected chi connectivity index (χ1v) is 26.2. The van der Waals surface area contributed by atoms with Crippen molar-refractivity contribution in [3.8, 4) is 0 Å². The average Bonchev–Trinajstić information content (AvgIpc) is 4.02. The van der Waals surface area contributed by atoms with E-state index in [1.54, 1.807) is 27.7 Å². The summed E-state index contributed by atoms with van der Waals surface area (Å²) in [5.41, 5.74) is 17.0. The largest absolute Gasteiger partial charge is 0.481 e. The molecule has 1 unspecified atom stereocenters. The van der Waals surface area contributed by atoms with Crippen molar-refractivity contribution in [3.05, 3.63) is 0 Å². The molecule has 10 amide bonds. The van der Waals surface area contributed by atoms with Crippen LogP contribution in [0.4, 0.5) is 0 Å². The van der Waals surface area contributed by atoms with Gasteiger partial charge in [-0.3, -0.25) is 52.7 Å². The molecule has 400 valence electrons. The maximum absolute atomic E-state index is 14.6. The number of rotatable bonds is 16. The number of unbranched alkanes of at least 4 members (excludes halogenated alkanes) is 1. The molecule has 0 aliphatic carbocycles. The van der Waals surface area contributed by atoms with Gasteiger partial charge in [-0.05, 0) is 69.7 Å². The van der Waals surface area contributed by atoms with Gasteiger partial charge in [0.2, 0.25) is 59.1 Å². The first kappa shape index (κ1) is 60.0. The molecule has 0 aromatic carbocycles. The number of carboxylic acids is 1. The summed E-state index contributed by atoms with van der Waals surface area (Å²) < 4.78 is 0. The predicted octanol–water partition coefficient (Wildman–Crippen LogP) is -5.14. The van der Waals surface area contributed by atoms with E-state index in [1.165, 1.54) is 9.80 Å². The molecule has 3 rings (SSSR count). The number of nitrogens with two attached hydrogens (primary N) is 3. The molecule has 10 atom stereocenters. The zero-order chi connectivity index (χ0) is 53.1. The van der Waals surface area contributed by atoms with Crippen molar-refractivity contribution in [1.29, 1.82) is 0 Å². The van der Waals surface area contributed by atoms with Gasteiger partial charge in [-0.25, -0.2) is 0 Å². The van der Waals surface area contributed by atoms with Crippen LogP contribution < -0.4 is 54.4 Å². The Balaban J connectivity index is 2.10. The molecule has 16 N–H and O–H groups in total. The fourth-order valence-corrected chi connectivity index (χ4v) is 10.4. The van der Waals surface area contributed by atoms with E-state index in [0.29, 0.717) is 25.7 Å². The Labute approximate surface area is 419 Å². The van der Waals surface area contributed by atoms with Crippen LogP contribution in [-0.4, -0.2) is 195 Å². The van der Waals surface area contributed by atoms with Gasteiger partial charge in [0, 0.05) is 24.6 Å². The number of nitrogens with one attached hydrogen (secondary N) is 7. The van der Waals surface area contributed by atoms with Crippen LogP contribution in [0.15, 0.2) is 0 Å². The number of amides is 10. The molecule has 0 spiro atoms. The fraction of sp³-hybridized carbons (Fsp3) is 0.744. The lowest BCUT2D eigenvalue weighted by atomic mass is 10.00. The summed E-state index contributed by atoms with van der Waals surface area (Å²) in [6, 6.07) is -13.9. The molecular weight excluding hydrogens is 973 g/mol. The SMILES string of the molecule is CC(C)C[C@@H]1NC(=O)[C@@H]2CCCN2C(=O)[C@@H](NC(=O)[C@H](CCCCN)NC(=O)[C@@H](N)CO)CSSC[C@@H](C(N)=O)NC(=O)[C@H](CO)NC(=O)[C@@H]2CCCN2C(=O)C(C(C)C)NC(=O)[C@H](CC(=O)O)NC1=O. The highest BCUT2D eigenvalue weighted by molar-refractivity contribution is 8.76. The molecule has 26 nitrogen and oxygen atoms in total. The second-order valence-electron chi connectivity index (χ2n) is 18.4. The summed E-state index contributed by atoms with van der Waals surface area (Å²) in [6.45, 7) is 5.37. The highest BCUT2D eigenvalue weighted by Gasteiger charge is 2.43. The predicted molar refractivity (Wildman–Crippen MR) is 259 cm³/mol. The van der Waals surface area contributed by atoms with E-state index in [0.717, 1.165) is 21.6 Å². The summed E-state index contributed by atoms with van der Waals surface area (Å²) in [6.07, 6.45) is 0.846. The van der Waals surface area contributed by atoms with Crippen LogP contribution in [0.2, 0.25) is 0 Å². The molecule has 0 radical (unpaired) electrons. The Hall–Kier alpha value is -5.29. The van der Waals surface area contributed by atoms with E-state index < -0.39 is 151 Å². The Morgan fingerprint density at radius 2 is 1.28 bits per heavy atom. The molecular formula is C43H72N12O14S2. The van der Waals surface area contributed by atoms with E-state index in [2.05, 4.69) is 37.2 Å². The van der Waals surface area contributed by atoms with Gasteiger partial charge in [-0.2, -0.15) is 0 Å². The van der Waals surface area contributed by atoms with Gasteiger partial charge < -0.3 is 79.5 Å². The van der Waals surface area contributed by atoms with Gasteiger partial charge in [-0.15, -0.1) is 0 Å². The number of nitrogens with zero attached hydrogens (tertiary/aromatic N) is 2. The highest BCUT2D eigenvalue weighted by atomic mass is 33.1. The number of hydrogen-bond acceptors (Lipinski definition) is 17. The summed E-state index contributed by atoms with van der Waals surface area (Å²) >= 11 is 0. The van der Waals surface area contributed by atoms with E-state index in [1.807, 2.05) is 0 Å². The Morgan fingerprint density at radius 1 is 0.732 bits per heavy atom. The Bertz CT molecular complexity index is 1930. The van der Waals surface area contributed by atoms with Crippen LogP contribution in [0.25, 0.3) is 0 Å². The molecule has 28 heteroatoms. The number of aliphatic hydroxyl groups is 2. The topological polar surface area (TPSA) is 417 Å². The maximum atomic E-state index is 14.6. The third-order valence-electron chi connectivity index (χ3n) is 12.0. The maximum Gasteiger partial charge on any atom is 0.305 e. The lowest BCUT2D eigenvalue weighted by molar-refractivity contribution is -0.144. The molecule has 3 fully saturated rings. The first-order chi connectivity index (χ1) is 33.5. The minimum Gasteiger partial charge on any atom is -0.481 e. The van der Waals surface area contributed by atoms with Crippen molar-refractivity contribution in [2.75, 3.05) is 44.4 Å². The van der Waals surface area contributed by atoms with Crippen LogP contribution in [-0.2, 0) is 52.7 Å². The van der Waals surface area contributed by atoms with E-state index in [-0.39, 0.29) is 62.7 Å². The first-order valence-electron chi connectivity index (χ1n) is 23.7. The van der Waals surface area contributed by atoms with Crippen molar-refractivity contribution < 1.29 is 68.1 Å². The Morgan fingerprint density at radius 3 is 1.82 bits per heavy atom. The van der Waals surface area contributed by atoms with Crippen molar-refractivity contribution in [3.63, 3.8) is 0 Å². The van der Waals surface area contributed by atoms with Gasteiger partial charge >= 0.3 is 5.97 Å². The molecule has 3 heterocycles. The minimum absolute atomic E-state index is 0.00118. The summed E-state index contributed by atoms with van der Waals surface area (Å²) in [5, 5.41) is 47.1.